The zero-order valence-electron chi connectivity index (χ0n) is 22.2. The Kier molecular flexibility index (Phi) is 9.97. The Hall–Kier alpha value is -2.42. The van der Waals surface area contributed by atoms with E-state index < -0.39 is 52.2 Å². The average Bonchev–Trinajstić information content (AvgIpc) is 2.89. The third-order valence-electron chi connectivity index (χ3n) is 6.23. The van der Waals surface area contributed by atoms with Crippen LogP contribution in [0.25, 0.3) is 0 Å². The highest BCUT2D eigenvalue weighted by atomic mass is 32.2. The topological polar surface area (TPSA) is 18.5 Å². The summed E-state index contributed by atoms with van der Waals surface area (Å²) in [5, 5.41) is 0. The fraction of sp³-hybridized carbons (Fsp3) is 0.357. The first-order valence-corrected chi connectivity index (χ1v) is 14.0. The molecule has 0 spiro atoms. The van der Waals surface area contributed by atoms with E-state index in [1.807, 2.05) is 60.7 Å². The molecule has 3 rings (SSSR count). The third-order valence-corrected chi connectivity index (χ3v) is 9.76. The molecule has 0 bridgehead atoms. The first kappa shape index (κ1) is 34.1. The van der Waals surface area contributed by atoms with E-state index in [9.17, 15) is 26.3 Å². The Bertz CT molecular complexity index is 1230. The molecule has 0 radical (unpaired) electrons. The number of rotatable bonds is 11. The van der Waals surface area contributed by atoms with Gasteiger partial charge in [0, 0.05) is 12.0 Å². The maximum absolute atomic E-state index is 15.0. The van der Waals surface area contributed by atoms with Gasteiger partial charge in [-0.1, -0.05) is 36.4 Å². The van der Waals surface area contributed by atoms with Gasteiger partial charge in [-0.25, -0.2) is 0 Å². The molecule has 0 saturated heterocycles. The Morgan fingerprint density at radius 1 is 0.595 bits per heavy atom. The third kappa shape index (κ3) is 6.13. The summed E-state index contributed by atoms with van der Waals surface area (Å²) >= 11 is -0.0362. The van der Waals surface area contributed by atoms with Crippen LogP contribution in [0.3, 0.4) is 0 Å². The van der Waals surface area contributed by atoms with Gasteiger partial charge < -0.3 is 9.47 Å². The second-order valence-corrected chi connectivity index (χ2v) is 13.1. The lowest BCUT2D eigenvalue weighted by molar-refractivity contribution is -0.443. The second kappa shape index (κ2) is 12.3. The van der Waals surface area contributed by atoms with Gasteiger partial charge in [-0.15, -0.1) is 11.8 Å². The molecule has 2 nitrogen and oxygen atoms in total. The molecule has 230 valence electrons. The highest BCUT2D eigenvalue weighted by Crippen LogP contribution is 2.64. The number of halogens is 10. The van der Waals surface area contributed by atoms with Crippen molar-refractivity contribution >= 4 is 22.7 Å². The van der Waals surface area contributed by atoms with Gasteiger partial charge in [0.1, 0.15) is 6.79 Å². The zero-order valence-corrected chi connectivity index (χ0v) is 23.8. The minimum Gasteiger partial charge on any atom is -0.359 e. The van der Waals surface area contributed by atoms with Gasteiger partial charge in [0.2, 0.25) is 5.60 Å². The van der Waals surface area contributed by atoms with Crippen molar-refractivity contribution < 1.29 is 53.4 Å². The minimum absolute atomic E-state index is 0.0362. The molecule has 0 N–H and O–H groups in total. The summed E-state index contributed by atoms with van der Waals surface area (Å²) in [4.78, 5) is 2.27. The van der Waals surface area contributed by atoms with E-state index in [2.05, 4.69) is 9.47 Å². The summed E-state index contributed by atoms with van der Waals surface area (Å²) in [5.41, 5.74) is -5.48. The van der Waals surface area contributed by atoms with Crippen LogP contribution >= 0.6 is 11.8 Å². The normalized spacial score (nSPS) is 14.0. The number of ether oxygens (including phenoxy) is 2. The van der Waals surface area contributed by atoms with Crippen molar-refractivity contribution in [2.75, 3.05) is 13.9 Å². The van der Waals surface area contributed by atoms with Crippen LogP contribution in [-0.4, -0.2) is 48.4 Å². The van der Waals surface area contributed by atoms with Crippen molar-refractivity contribution in [3.63, 3.8) is 0 Å². The van der Waals surface area contributed by atoms with E-state index in [1.54, 1.807) is 0 Å². The van der Waals surface area contributed by atoms with Crippen molar-refractivity contribution in [2.45, 2.75) is 68.0 Å². The predicted molar refractivity (Wildman–Crippen MR) is 139 cm³/mol. The molecule has 0 unspecified atom stereocenters. The van der Waals surface area contributed by atoms with E-state index in [4.69, 9.17) is 0 Å². The SMILES string of the molecule is COCOC(C(C)(C)Sc1ccc([S+](c2ccccc2)c2ccccc2)cc1)(C(F)(F)C(F)(F)F)C(F)(F)C(F)(F)F. The van der Waals surface area contributed by atoms with Crippen LogP contribution in [0.15, 0.2) is 105 Å². The lowest BCUT2D eigenvalue weighted by Crippen LogP contribution is -2.78. The maximum atomic E-state index is 15.0. The quantitative estimate of drug-likeness (QED) is 0.0895. The number of hydrogen-bond acceptors (Lipinski definition) is 3. The van der Waals surface area contributed by atoms with E-state index >= 15 is 17.6 Å². The van der Waals surface area contributed by atoms with E-state index in [0.717, 1.165) is 9.79 Å². The molecule has 0 heterocycles. The molecule has 0 aliphatic carbocycles. The van der Waals surface area contributed by atoms with Gasteiger partial charge in [0.25, 0.3) is 0 Å². The van der Waals surface area contributed by atoms with Crippen molar-refractivity contribution in [3.05, 3.63) is 84.9 Å². The van der Waals surface area contributed by atoms with Gasteiger partial charge in [0.15, 0.2) is 14.7 Å². The highest BCUT2D eigenvalue weighted by Gasteiger charge is 2.89. The van der Waals surface area contributed by atoms with Gasteiger partial charge in [-0.3, -0.25) is 0 Å². The Morgan fingerprint density at radius 3 is 1.33 bits per heavy atom. The molecule has 0 aliphatic rings. The Balaban J connectivity index is 2.14. The summed E-state index contributed by atoms with van der Waals surface area (Å²) in [7, 11) is -0.0288. The van der Waals surface area contributed by atoms with Crippen LogP contribution in [-0.2, 0) is 20.4 Å². The Labute approximate surface area is 242 Å². The van der Waals surface area contributed by atoms with Crippen molar-refractivity contribution in [3.8, 4) is 0 Å². The lowest BCUT2D eigenvalue weighted by Gasteiger charge is -2.52. The summed E-state index contributed by atoms with van der Waals surface area (Å²) in [6, 6.07) is 23.8. The molecule has 0 fully saturated rings. The molecule has 0 atom stereocenters. The van der Waals surface area contributed by atoms with Gasteiger partial charge in [-0.2, -0.15) is 43.9 Å². The second-order valence-electron chi connectivity index (χ2n) is 9.39. The molecule has 3 aromatic rings. The maximum Gasteiger partial charge on any atom is 0.456 e. The Morgan fingerprint density at radius 2 is 0.976 bits per heavy atom. The molecule has 14 heteroatoms. The molecular formula is C28H25F10O2S2+. The number of methoxy groups -OCH3 is 1. The lowest BCUT2D eigenvalue weighted by atomic mass is 9.76. The average molecular weight is 648 g/mol. The van der Waals surface area contributed by atoms with Gasteiger partial charge in [0.05, 0.1) is 15.6 Å². The first-order valence-electron chi connectivity index (χ1n) is 12.0. The van der Waals surface area contributed by atoms with Crippen LogP contribution in [0.5, 0.6) is 0 Å². The predicted octanol–water partition coefficient (Wildman–Crippen LogP) is 9.41. The van der Waals surface area contributed by atoms with Gasteiger partial charge in [-0.05, 0) is 62.4 Å². The smallest absolute Gasteiger partial charge is 0.359 e. The van der Waals surface area contributed by atoms with Crippen LogP contribution in [0.1, 0.15) is 13.8 Å². The fourth-order valence-corrected chi connectivity index (χ4v) is 7.79. The minimum atomic E-state index is -6.85. The van der Waals surface area contributed by atoms with Crippen LogP contribution in [0.2, 0.25) is 0 Å². The van der Waals surface area contributed by atoms with Crippen molar-refractivity contribution in [1.29, 1.82) is 0 Å². The molecule has 0 aliphatic heterocycles. The monoisotopic (exact) mass is 647 g/mol. The highest BCUT2D eigenvalue weighted by molar-refractivity contribution is 8.00. The summed E-state index contributed by atoms with van der Waals surface area (Å²) < 4.78 is 147. The van der Waals surface area contributed by atoms with E-state index in [0.29, 0.717) is 25.9 Å². The van der Waals surface area contributed by atoms with Crippen LogP contribution < -0.4 is 0 Å². The van der Waals surface area contributed by atoms with Crippen molar-refractivity contribution in [1.82, 2.24) is 0 Å². The standard InChI is InChI=1S/C28H25F10O2S2/c1-23(2,24(40-18-39-3,25(29,30)27(33,34)35)26(31,32)28(36,37)38)41-19-14-16-22(17-15-19)42(20-10-6-4-7-11-20)21-12-8-5-9-13-21/h4-17H,18H2,1-3H3/q+1. The zero-order chi connectivity index (χ0) is 31.6. The number of hydrogen-bond donors (Lipinski definition) is 0. The fourth-order valence-electron chi connectivity index (χ4n) is 4.39. The van der Waals surface area contributed by atoms with Gasteiger partial charge >= 0.3 is 24.2 Å². The molecule has 0 aromatic heterocycles. The summed E-state index contributed by atoms with van der Waals surface area (Å²) in [6.07, 6.45) is -13.7. The molecular weight excluding hydrogens is 622 g/mol. The number of alkyl halides is 10. The van der Waals surface area contributed by atoms with E-state index in [1.165, 1.54) is 24.3 Å². The van der Waals surface area contributed by atoms with Crippen LogP contribution in [0, 0.1) is 0 Å². The number of thioether (sulfide) groups is 1. The number of benzene rings is 3. The summed E-state index contributed by atoms with van der Waals surface area (Å²) in [5.74, 6) is -13.4. The largest absolute Gasteiger partial charge is 0.456 e. The molecule has 3 aromatic carbocycles. The van der Waals surface area contributed by atoms with Crippen LogP contribution in [0.4, 0.5) is 43.9 Å². The molecule has 0 saturated carbocycles. The molecule has 42 heavy (non-hydrogen) atoms. The van der Waals surface area contributed by atoms with Crippen molar-refractivity contribution in [2.24, 2.45) is 0 Å². The van der Waals surface area contributed by atoms with E-state index in [-0.39, 0.29) is 16.7 Å². The molecule has 0 amide bonds. The first-order chi connectivity index (χ1) is 19.3. The summed E-state index contributed by atoms with van der Waals surface area (Å²) in [6.45, 7) is -0.880.